The van der Waals surface area contributed by atoms with Gasteiger partial charge >= 0.3 is 5.97 Å². The number of Topliss-reactive ketones (excluding diaryl/α,β-unsaturated/α-hetero) is 2. The van der Waals surface area contributed by atoms with E-state index in [4.69, 9.17) is 32.9 Å². The maximum atomic E-state index is 13.3. The van der Waals surface area contributed by atoms with E-state index in [-0.39, 0.29) is 30.0 Å². The minimum Gasteiger partial charge on any atom is -0.462 e. The predicted octanol–water partition coefficient (Wildman–Crippen LogP) is 5.69. The van der Waals surface area contributed by atoms with Crippen LogP contribution in [0.4, 0.5) is 0 Å². The highest BCUT2D eigenvalue weighted by molar-refractivity contribution is 6.53. The maximum Gasteiger partial charge on any atom is 0.340 e. The molecule has 1 aliphatic carbocycles. The fourth-order valence-electron chi connectivity index (χ4n) is 4.53. The number of carbonyl (C=O) groups is 3. The molecule has 0 fully saturated rings. The molecule has 5 rings (SSSR count). The molecule has 36 heavy (non-hydrogen) atoms. The third-order valence-electron chi connectivity index (χ3n) is 6.20. The minimum absolute atomic E-state index is 0.00583. The van der Waals surface area contributed by atoms with E-state index >= 15 is 0 Å². The van der Waals surface area contributed by atoms with Crippen LogP contribution in [0.5, 0.6) is 0 Å². The van der Waals surface area contributed by atoms with Crippen molar-refractivity contribution in [1.29, 1.82) is 0 Å². The number of imidazole rings is 1. The van der Waals surface area contributed by atoms with E-state index in [0.717, 1.165) is 11.1 Å². The number of hydrogen-bond donors (Lipinski definition) is 1. The van der Waals surface area contributed by atoms with Crippen molar-refractivity contribution in [3.63, 3.8) is 0 Å². The number of H-pyrrole nitrogens is 1. The first-order valence-corrected chi connectivity index (χ1v) is 12.1. The van der Waals surface area contributed by atoms with E-state index in [1.165, 1.54) is 0 Å². The number of aromatic amines is 1. The van der Waals surface area contributed by atoms with Gasteiger partial charge in [-0.3, -0.25) is 9.59 Å². The minimum atomic E-state index is -0.778. The Kier molecular flexibility index (Phi) is 6.28. The monoisotopic (exact) mass is 521 g/mol. The van der Waals surface area contributed by atoms with E-state index in [9.17, 15) is 14.4 Å². The molecule has 0 aliphatic heterocycles. The average molecular weight is 522 g/mol. The number of fused-ring (bicyclic) bond motifs is 3. The summed E-state index contributed by atoms with van der Waals surface area (Å²) in [7, 11) is 0. The lowest BCUT2D eigenvalue weighted by atomic mass is 9.92. The summed E-state index contributed by atoms with van der Waals surface area (Å²) in [4.78, 5) is 47.2. The van der Waals surface area contributed by atoms with Gasteiger partial charge in [-0.05, 0) is 37.1 Å². The highest BCUT2D eigenvalue weighted by atomic mass is 35.5. The zero-order chi connectivity index (χ0) is 25.6. The Morgan fingerprint density at radius 1 is 1.08 bits per heavy atom. The highest BCUT2D eigenvalue weighted by Gasteiger charge is 2.41. The second kappa shape index (κ2) is 9.41. The zero-order valence-corrected chi connectivity index (χ0v) is 21.0. The van der Waals surface area contributed by atoms with Gasteiger partial charge in [0.05, 0.1) is 23.4 Å². The molecule has 2 aromatic heterocycles. The predicted molar refractivity (Wildman–Crippen MR) is 136 cm³/mol. The maximum absolute atomic E-state index is 13.3. The van der Waals surface area contributed by atoms with Gasteiger partial charge in [-0.1, -0.05) is 59.6 Å². The fraction of sp³-hybridized carbons (Fsp3) is 0.185. The van der Waals surface area contributed by atoms with Gasteiger partial charge in [-0.15, -0.1) is 0 Å². The third-order valence-corrected chi connectivity index (χ3v) is 6.79. The van der Waals surface area contributed by atoms with E-state index in [2.05, 4.69) is 4.98 Å². The molecule has 0 amide bonds. The molecule has 0 radical (unpaired) electrons. The number of nitrogens with zero attached hydrogens (tertiary/aromatic N) is 2. The molecule has 9 heteroatoms. The third kappa shape index (κ3) is 4.04. The summed E-state index contributed by atoms with van der Waals surface area (Å²) in [5, 5.41) is 0.926. The molecule has 0 unspecified atom stereocenters. The van der Waals surface area contributed by atoms with Crippen LogP contribution in [-0.4, -0.2) is 38.7 Å². The number of hydrogen-bond acceptors (Lipinski definition) is 5. The highest BCUT2D eigenvalue weighted by Crippen LogP contribution is 2.39. The van der Waals surface area contributed by atoms with Crippen LogP contribution in [0.15, 0.2) is 48.5 Å². The number of esters is 1. The first-order valence-electron chi connectivity index (χ1n) is 11.4. The summed E-state index contributed by atoms with van der Waals surface area (Å²) in [6.45, 7) is 3.74. The number of benzene rings is 2. The van der Waals surface area contributed by atoms with E-state index < -0.39 is 17.5 Å². The average Bonchev–Trinajstić information content (AvgIpc) is 3.39. The number of aromatic nitrogens is 3. The van der Waals surface area contributed by atoms with Crippen LogP contribution in [0, 0.1) is 6.92 Å². The topological polar surface area (TPSA) is 94.1 Å². The van der Waals surface area contributed by atoms with Crippen LogP contribution in [0.25, 0.3) is 11.4 Å². The van der Waals surface area contributed by atoms with E-state index in [1.54, 1.807) is 36.6 Å². The molecule has 2 heterocycles. The molecule has 0 bridgehead atoms. The molecule has 0 saturated heterocycles. The second-order valence-corrected chi connectivity index (χ2v) is 9.30. The molecular formula is C27H21Cl2N3O4. The van der Waals surface area contributed by atoms with Gasteiger partial charge in [0.1, 0.15) is 17.2 Å². The summed E-state index contributed by atoms with van der Waals surface area (Å²) in [6.07, 6.45) is 0.443. The van der Waals surface area contributed by atoms with Gasteiger partial charge in [-0.2, -0.15) is 0 Å². The molecule has 7 nitrogen and oxygen atoms in total. The lowest BCUT2D eigenvalue weighted by Crippen LogP contribution is -2.24. The Morgan fingerprint density at radius 2 is 1.83 bits per heavy atom. The van der Waals surface area contributed by atoms with Crippen molar-refractivity contribution in [3.05, 3.63) is 98.0 Å². The van der Waals surface area contributed by atoms with Crippen molar-refractivity contribution in [1.82, 2.24) is 14.5 Å². The summed E-state index contributed by atoms with van der Waals surface area (Å²) in [6, 6.07) is 14.8. The molecule has 2 aromatic carbocycles. The fourth-order valence-corrected chi connectivity index (χ4v) is 5.00. The van der Waals surface area contributed by atoms with Crippen molar-refractivity contribution in [2.24, 2.45) is 0 Å². The van der Waals surface area contributed by atoms with E-state index in [0.29, 0.717) is 39.4 Å². The van der Waals surface area contributed by atoms with Gasteiger partial charge in [0.2, 0.25) is 5.78 Å². The van der Waals surface area contributed by atoms with Gasteiger partial charge in [0, 0.05) is 28.7 Å². The van der Waals surface area contributed by atoms with Gasteiger partial charge in [0.25, 0.3) is 5.78 Å². The summed E-state index contributed by atoms with van der Waals surface area (Å²) < 4.78 is 7.03. The number of nitrogens with one attached hydrogen (secondary N) is 1. The quantitative estimate of drug-likeness (QED) is 0.260. The lowest BCUT2D eigenvalue weighted by Gasteiger charge is -2.16. The number of rotatable bonds is 6. The van der Waals surface area contributed by atoms with Gasteiger partial charge in [0.15, 0.2) is 0 Å². The SMILES string of the molecule is CCOC(=O)c1c2c(n(Cc3ccc(Cl)cc3Cl)c1C)-c1nc(Cc3ccccc3)[nH]c1C(=O)C2=O. The number of carbonyl (C=O) groups excluding carboxylic acids is 3. The normalized spacial score (nSPS) is 12.4. The van der Waals surface area contributed by atoms with Crippen molar-refractivity contribution < 1.29 is 19.1 Å². The molecule has 0 saturated carbocycles. The molecule has 0 spiro atoms. The van der Waals surface area contributed by atoms with Crippen LogP contribution >= 0.6 is 23.2 Å². The van der Waals surface area contributed by atoms with Crippen molar-refractivity contribution in [2.45, 2.75) is 26.8 Å². The molecule has 0 atom stereocenters. The standard InChI is InChI=1S/C27H21Cl2N3O4/c1-3-36-27(35)20-14(2)32(13-16-9-10-17(28)12-18(16)29)24-21(20)25(33)26(34)23-22(24)30-19(31-23)11-15-7-5-4-6-8-15/h4-10,12H,3,11,13H2,1-2H3,(H,30,31). The van der Waals surface area contributed by atoms with Crippen LogP contribution in [0.1, 0.15) is 60.8 Å². The molecule has 1 aliphatic rings. The Bertz CT molecular complexity index is 1540. The first-order chi connectivity index (χ1) is 17.3. The molecule has 1 N–H and O–H groups in total. The van der Waals surface area contributed by atoms with Crippen molar-refractivity contribution >= 4 is 40.7 Å². The molecular weight excluding hydrogens is 501 g/mol. The molecule has 4 aromatic rings. The number of ketones is 2. The number of halogens is 2. The van der Waals surface area contributed by atoms with Crippen LogP contribution in [-0.2, 0) is 17.7 Å². The Balaban J connectivity index is 1.71. The largest absolute Gasteiger partial charge is 0.462 e. The van der Waals surface area contributed by atoms with Gasteiger partial charge in [-0.25, -0.2) is 9.78 Å². The summed E-state index contributed by atoms with van der Waals surface area (Å²) in [5.41, 5.74) is 3.08. The number of ether oxygens (including phenoxy) is 1. The lowest BCUT2D eigenvalue weighted by molar-refractivity contribution is 0.0522. The Hall–Kier alpha value is -3.68. The molecule has 182 valence electrons. The second-order valence-electron chi connectivity index (χ2n) is 8.45. The van der Waals surface area contributed by atoms with Crippen LogP contribution in [0.3, 0.4) is 0 Å². The Labute approximate surface area is 217 Å². The van der Waals surface area contributed by atoms with Crippen molar-refractivity contribution in [2.75, 3.05) is 6.61 Å². The van der Waals surface area contributed by atoms with Crippen LogP contribution < -0.4 is 0 Å². The van der Waals surface area contributed by atoms with Gasteiger partial charge < -0.3 is 14.3 Å². The van der Waals surface area contributed by atoms with E-state index in [1.807, 2.05) is 30.3 Å². The zero-order valence-electron chi connectivity index (χ0n) is 19.5. The first kappa shape index (κ1) is 24.0. The van der Waals surface area contributed by atoms with Crippen molar-refractivity contribution in [3.8, 4) is 11.4 Å². The smallest absolute Gasteiger partial charge is 0.340 e. The summed E-state index contributed by atoms with van der Waals surface area (Å²) >= 11 is 12.5. The van der Waals surface area contributed by atoms with Crippen LogP contribution in [0.2, 0.25) is 10.0 Å². The Morgan fingerprint density at radius 3 is 2.53 bits per heavy atom. The summed E-state index contributed by atoms with van der Waals surface area (Å²) in [5.74, 6) is -1.65.